The summed E-state index contributed by atoms with van der Waals surface area (Å²) < 4.78 is 76.9. The third-order valence-corrected chi connectivity index (χ3v) is 9.54. The van der Waals surface area contributed by atoms with Crippen LogP contribution in [0.2, 0.25) is 0 Å². The number of methoxy groups -OCH3 is 1. The fourth-order valence-corrected chi connectivity index (χ4v) is 7.05. The third kappa shape index (κ3) is 6.62. The topological polar surface area (TPSA) is 98.3 Å². The van der Waals surface area contributed by atoms with E-state index in [0.717, 1.165) is 27.3 Å². The van der Waals surface area contributed by atoms with Crippen LogP contribution in [0.4, 0.5) is 18.7 Å². The molecule has 0 saturated carbocycles. The van der Waals surface area contributed by atoms with Gasteiger partial charge in [-0.2, -0.15) is 0 Å². The highest BCUT2D eigenvalue weighted by Gasteiger charge is 2.41. The highest BCUT2D eigenvalue weighted by atomic mass is 32.2. The summed E-state index contributed by atoms with van der Waals surface area (Å²) in [6.45, 7) is 10.4. The van der Waals surface area contributed by atoms with E-state index in [-0.39, 0.29) is 29.5 Å². The van der Waals surface area contributed by atoms with Gasteiger partial charge >= 0.3 is 6.09 Å². The molecule has 1 unspecified atom stereocenters. The number of carbonyl (C=O) groups excluding carboxylic acids is 1. The second-order valence-corrected chi connectivity index (χ2v) is 14.1. The predicted molar refractivity (Wildman–Crippen MR) is 156 cm³/mol. The molecule has 1 atom stereocenters. The molecule has 2 aromatic carbocycles. The number of aromatic nitrogens is 1. The smallest absolute Gasteiger partial charge is 0.410 e. The van der Waals surface area contributed by atoms with Crippen LogP contribution in [0.15, 0.2) is 40.7 Å². The number of thiazole rings is 1. The van der Waals surface area contributed by atoms with E-state index in [9.17, 15) is 13.2 Å². The maximum atomic E-state index is 15.9. The van der Waals surface area contributed by atoms with Crippen LogP contribution in [0.5, 0.6) is 11.5 Å². The number of amides is 1. The van der Waals surface area contributed by atoms with Gasteiger partial charge in [0, 0.05) is 36.2 Å². The molecule has 0 aliphatic carbocycles. The molecule has 0 radical (unpaired) electrons. The molecule has 1 amide bonds. The molecule has 0 bridgehead atoms. The molecule has 3 aromatic rings. The first-order valence-electron chi connectivity index (χ1n) is 13.3. The van der Waals surface area contributed by atoms with Crippen molar-refractivity contribution in [1.29, 1.82) is 0 Å². The number of carbonyl (C=O) groups is 1. The maximum absolute atomic E-state index is 15.9. The van der Waals surface area contributed by atoms with Gasteiger partial charge in [-0.15, -0.1) is 11.3 Å². The lowest BCUT2D eigenvalue weighted by Gasteiger charge is -2.29. The molecule has 4 rings (SSSR count). The summed E-state index contributed by atoms with van der Waals surface area (Å²) in [7, 11) is -3.24. The minimum Gasteiger partial charge on any atom is -0.497 e. The Hall–Kier alpha value is -3.45. The van der Waals surface area contributed by atoms with E-state index in [0.29, 0.717) is 24.3 Å². The van der Waals surface area contributed by atoms with E-state index in [2.05, 4.69) is 4.98 Å². The Morgan fingerprint density at radius 1 is 1.21 bits per heavy atom. The molecule has 0 spiro atoms. The van der Waals surface area contributed by atoms with Gasteiger partial charge in [-0.3, -0.25) is 0 Å². The molecule has 2 heterocycles. The third-order valence-electron chi connectivity index (χ3n) is 6.86. The lowest BCUT2D eigenvalue weighted by atomic mass is 10.1. The SMILES string of the molecule is COc1ccc(CN(c2nccs2)S(=O)(=O)c2c(F)cc(OC3(C)CCN(C(=O)OC(C)(C)C)C3)c(C)c2F)c(C)c1. The van der Waals surface area contributed by atoms with Crippen LogP contribution in [0.1, 0.15) is 50.8 Å². The number of ether oxygens (including phenoxy) is 3. The van der Waals surface area contributed by atoms with Gasteiger partial charge in [0.15, 0.2) is 15.8 Å². The first-order valence-corrected chi connectivity index (χ1v) is 15.6. The van der Waals surface area contributed by atoms with Crippen molar-refractivity contribution >= 4 is 32.6 Å². The van der Waals surface area contributed by atoms with Crippen molar-refractivity contribution in [2.45, 2.75) is 70.6 Å². The van der Waals surface area contributed by atoms with E-state index in [1.165, 1.54) is 25.1 Å². The lowest BCUT2D eigenvalue weighted by Crippen LogP contribution is -2.40. The van der Waals surface area contributed by atoms with Crippen molar-refractivity contribution in [2.75, 3.05) is 24.5 Å². The highest BCUT2D eigenvalue weighted by Crippen LogP contribution is 2.37. The van der Waals surface area contributed by atoms with Crippen LogP contribution < -0.4 is 13.8 Å². The fourth-order valence-electron chi connectivity index (χ4n) is 4.61. The fraction of sp³-hybridized carbons (Fsp3) is 0.448. The Morgan fingerprint density at radius 2 is 1.93 bits per heavy atom. The van der Waals surface area contributed by atoms with E-state index in [4.69, 9.17) is 14.2 Å². The Labute approximate surface area is 249 Å². The van der Waals surface area contributed by atoms with Crippen LogP contribution in [-0.4, -0.2) is 55.8 Å². The number of hydrogen-bond donors (Lipinski definition) is 0. The van der Waals surface area contributed by atoms with Gasteiger partial charge in [0.25, 0.3) is 10.0 Å². The largest absolute Gasteiger partial charge is 0.497 e. The summed E-state index contributed by atoms with van der Waals surface area (Å²) >= 11 is 1.03. The van der Waals surface area contributed by atoms with Crippen LogP contribution >= 0.6 is 11.3 Å². The molecule has 228 valence electrons. The van der Waals surface area contributed by atoms with Crippen LogP contribution in [0.3, 0.4) is 0 Å². The predicted octanol–water partition coefficient (Wildman–Crippen LogP) is 6.22. The molecular formula is C29H35F2N3O6S2. The molecule has 13 heteroatoms. The zero-order chi connectivity index (χ0) is 31.0. The number of rotatable bonds is 8. The Bertz CT molecular complexity index is 1570. The summed E-state index contributed by atoms with van der Waals surface area (Å²) in [6, 6.07) is 6.00. The quantitative estimate of drug-likeness (QED) is 0.294. The van der Waals surface area contributed by atoms with E-state index >= 15 is 8.78 Å². The average Bonchev–Trinajstić information content (AvgIpc) is 3.55. The van der Waals surface area contributed by atoms with E-state index in [1.54, 1.807) is 58.2 Å². The number of nitrogens with zero attached hydrogens (tertiary/aromatic N) is 3. The van der Waals surface area contributed by atoms with Crippen molar-refractivity contribution in [3.05, 3.63) is 64.2 Å². The van der Waals surface area contributed by atoms with Crippen molar-refractivity contribution in [2.24, 2.45) is 0 Å². The summed E-state index contributed by atoms with van der Waals surface area (Å²) in [6.07, 6.45) is 1.29. The molecule has 42 heavy (non-hydrogen) atoms. The monoisotopic (exact) mass is 623 g/mol. The molecule has 1 saturated heterocycles. The summed E-state index contributed by atoms with van der Waals surface area (Å²) in [5.74, 6) is -2.12. The highest BCUT2D eigenvalue weighted by molar-refractivity contribution is 7.93. The molecule has 9 nitrogen and oxygen atoms in total. The van der Waals surface area contributed by atoms with E-state index < -0.39 is 43.8 Å². The van der Waals surface area contributed by atoms with Gasteiger partial charge in [0.1, 0.15) is 28.5 Å². The van der Waals surface area contributed by atoms with Gasteiger partial charge in [-0.25, -0.2) is 31.3 Å². The van der Waals surface area contributed by atoms with Gasteiger partial charge in [0.05, 0.1) is 20.2 Å². The average molecular weight is 624 g/mol. The lowest BCUT2D eigenvalue weighted by molar-refractivity contribution is 0.0227. The standard InChI is InChI=1S/C29H35F2N3O6S2/c1-18-14-21(38-7)9-8-20(18)16-34(26-32-11-13-41-26)42(36,37)25-22(30)15-23(19(2)24(25)31)39-29(6)10-12-33(17-29)27(35)40-28(3,4)5/h8-9,11,13-15H,10,12,16-17H2,1-7H3. The number of likely N-dealkylation sites (tertiary alicyclic amines) is 1. The number of benzene rings is 2. The maximum Gasteiger partial charge on any atom is 0.410 e. The second kappa shape index (κ2) is 11.7. The Kier molecular flexibility index (Phi) is 8.75. The van der Waals surface area contributed by atoms with Crippen molar-refractivity contribution in [3.8, 4) is 11.5 Å². The van der Waals surface area contributed by atoms with Crippen LogP contribution in [0, 0.1) is 25.5 Å². The summed E-state index contributed by atoms with van der Waals surface area (Å²) in [5, 5.41) is 1.64. The van der Waals surface area contributed by atoms with E-state index in [1.807, 2.05) is 0 Å². The molecule has 1 aromatic heterocycles. The van der Waals surface area contributed by atoms with Crippen molar-refractivity contribution < 1.29 is 36.2 Å². The first-order chi connectivity index (χ1) is 19.5. The Morgan fingerprint density at radius 3 is 2.52 bits per heavy atom. The number of sulfonamides is 1. The van der Waals surface area contributed by atoms with Crippen LogP contribution in [0.25, 0.3) is 0 Å². The number of aryl methyl sites for hydroxylation is 1. The molecule has 1 aliphatic heterocycles. The zero-order valence-corrected chi connectivity index (χ0v) is 26.3. The molecule has 0 N–H and O–H groups in total. The number of halogens is 2. The second-order valence-electron chi connectivity index (χ2n) is 11.4. The molecule has 1 aliphatic rings. The van der Waals surface area contributed by atoms with Crippen molar-refractivity contribution in [1.82, 2.24) is 9.88 Å². The summed E-state index contributed by atoms with van der Waals surface area (Å²) in [5.41, 5.74) is -0.487. The number of anilines is 1. The van der Waals surface area contributed by atoms with Gasteiger partial charge in [-0.05, 0) is 64.8 Å². The van der Waals surface area contributed by atoms with Gasteiger partial charge < -0.3 is 19.1 Å². The van der Waals surface area contributed by atoms with Crippen molar-refractivity contribution in [3.63, 3.8) is 0 Å². The first kappa shape index (κ1) is 31.5. The normalized spacial score (nSPS) is 17.3. The zero-order valence-electron chi connectivity index (χ0n) is 24.7. The Balaban J connectivity index is 1.65. The minimum absolute atomic E-state index is 0.0581. The minimum atomic E-state index is -4.76. The van der Waals surface area contributed by atoms with Crippen LogP contribution in [-0.2, 0) is 21.3 Å². The van der Waals surface area contributed by atoms with Gasteiger partial charge in [-0.1, -0.05) is 6.07 Å². The molecule has 1 fully saturated rings. The number of hydrogen-bond acceptors (Lipinski definition) is 8. The molecular weight excluding hydrogens is 588 g/mol. The van der Waals surface area contributed by atoms with Gasteiger partial charge in [0.2, 0.25) is 0 Å². The summed E-state index contributed by atoms with van der Waals surface area (Å²) in [4.78, 5) is 17.0.